The molecule has 2 aromatic rings. The second kappa shape index (κ2) is 10.6. The van der Waals surface area contributed by atoms with Gasteiger partial charge in [0.2, 0.25) is 10.0 Å². The Morgan fingerprint density at radius 2 is 1.77 bits per heavy atom. The van der Waals surface area contributed by atoms with Crippen molar-refractivity contribution in [2.45, 2.75) is 56.9 Å². The highest BCUT2D eigenvalue weighted by Crippen LogP contribution is 2.26. The van der Waals surface area contributed by atoms with Crippen molar-refractivity contribution in [1.82, 2.24) is 4.72 Å². The molecule has 1 fully saturated rings. The third-order valence-corrected chi connectivity index (χ3v) is 7.14. The van der Waals surface area contributed by atoms with Crippen molar-refractivity contribution in [3.05, 3.63) is 52.5 Å². The van der Waals surface area contributed by atoms with E-state index in [1.165, 1.54) is 12.1 Å². The van der Waals surface area contributed by atoms with Crippen molar-refractivity contribution >= 4 is 37.5 Å². The van der Waals surface area contributed by atoms with Crippen LogP contribution in [0, 0.1) is 5.92 Å². The molecule has 0 atom stereocenters. The van der Waals surface area contributed by atoms with Gasteiger partial charge in [0, 0.05) is 16.2 Å². The van der Waals surface area contributed by atoms with E-state index >= 15 is 0 Å². The molecule has 31 heavy (non-hydrogen) atoms. The number of amides is 1. The minimum atomic E-state index is -3.57. The van der Waals surface area contributed by atoms with Crippen molar-refractivity contribution < 1.29 is 17.9 Å². The maximum absolute atomic E-state index is 12.8. The van der Waals surface area contributed by atoms with Crippen molar-refractivity contribution in [2.24, 2.45) is 5.92 Å². The number of anilines is 1. The minimum Gasteiger partial charge on any atom is -0.492 e. The monoisotopic (exact) mass is 508 g/mol. The van der Waals surface area contributed by atoms with Gasteiger partial charge in [-0.2, -0.15) is 0 Å². The number of halogens is 1. The van der Waals surface area contributed by atoms with Gasteiger partial charge in [0.05, 0.1) is 17.1 Å². The first-order valence-corrected chi connectivity index (χ1v) is 12.9. The van der Waals surface area contributed by atoms with Crippen LogP contribution in [0.4, 0.5) is 5.69 Å². The molecule has 0 unspecified atom stereocenters. The lowest BCUT2D eigenvalue weighted by Gasteiger charge is -2.22. The van der Waals surface area contributed by atoms with Crippen LogP contribution in [0.5, 0.6) is 5.75 Å². The molecule has 0 aliphatic heterocycles. The second-order valence-corrected chi connectivity index (χ2v) is 10.9. The van der Waals surface area contributed by atoms with Crippen molar-refractivity contribution in [3.63, 3.8) is 0 Å². The Morgan fingerprint density at radius 1 is 1.10 bits per heavy atom. The number of benzene rings is 2. The predicted molar refractivity (Wildman–Crippen MR) is 126 cm³/mol. The summed E-state index contributed by atoms with van der Waals surface area (Å²) >= 11 is 3.39. The fourth-order valence-electron chi connectivity index (χ4n) is 3.49. The molecule has 0 bridgehead atoms. The summed E-state index contributed by atoms with van der Waals surface area (Å²) in [5, 5.41) is 2.82. The zero-order valence-electron chi connectivity index (χ0n) is 17.9. The Kier molecular flexibility index (Phi) is 8.13. The summed E-state index contributed by atoms with van der Waals surface area (Å²) in [6.07, 6.45) is 5.02. The van der Waals surface area contributed by atoms with Gasteiger partial charge in [0.15, 0.2) is 0 Å². The predicted octanol–water partition coefficient (Wildman–Crippen LogP) is 5.35. The number of hydrogen-bond donors (Lipinski definition) is 2. The van der Waals surface area contributed by atoms with E-state index in [9.17, 15) is 13.2 Å². The van der Waals surface area contributed by atoms with Gasteiger partial charge in [-0.1, -0.05) is 49.0 Å². The number of carbonyl (C=O) groups excluding carboxylic acids is 1. The molecule has 1 aliphatic rings. The molecule has 0 heterocycles. The van der Waals surface area contributed by atoms with Gasteiger partial charge in [0.1, 0.15) is 5.75 Å². The Labute approximate surface area is 193 Å². The zero-order chi connectivity index (χ0) is 22.4. The number of rotatable bonds is 8. The normalized spacial score (nSPS) is 15.1. The molecular formula is C23H29BrN2O4S. The maximum Gasteiger partial charge on any atom is 0.259 e. The molecule has 1 saturated carbocycles. The molecule has 0 saturated heterocycles. The van der Waals surface area contributed by atoms with Gasteiger partial charge in [-0.05, 0) is 61.2 Å². The van der Waals surface area contributed by atoms with Gasteiger partial charge in [0.25, 0.3) is 5.91 Å². The molecular weight excluding hydrogens is 480 g/mol. The van der Waals surface area contributed by atoms with Crippen molar-refractivity contribution in [1.29, 1.82) is 0 Å². The van der Waals surface area contributed by atoms with E-state index in [0.717, 1.165) is 36.6 Å². The first-order chi connectivity index (χ1) is 14.7. The van der Waals surface area contributed by atoms with E-state index in [4.69, 9.17) is 4.74 Å². The molecule has 6 nitrogen and oxygen atoms in total. The summed E-state index contributed by atoms with van der Waals surface area (Å²) in [5.41, 5.74) is 0.919. The van der Waals surface area contributed by atoms with E-state index in [0.29, 0.717) is 29.5 Å². The first-order valence-electron chi connectivity index (χ1n) is 10.6. The average molecular weight is 509 g/mol. The second-order valence-electron chi connectivity index (χ2n) is 8.28. The molecule has 8 heteroatoms. The molecule has 0 aromatic heterocycles. The van der Waals surface area contributed by atoms with Gasteiger partial charge in [-0.15, -0.1) is 0 Å². The number of nitrogens with one attached hydrogen (secondary N) is 2. The lowest BCUT2D eigenvalue weighted by Crippen LogP contribution is -2.36. The number of carbonyl (C=O) groups is 1. The van der Waals surface area contributed by atoms with Crippen LogP contribution in [0.2, 0.25) is 0 Å². The average Bonchev–Trinajstić information content (AvgIpc) is 2.73. The highest BCUT2D eigenvalue weighted by Gasteiger charge is 2.22. The molecule has 2 aromatic carbocycles. The van der Waals surface area contributed by atoms with Gasteiger partial charge in [-0.3, -0.25) is 4.79 Å². The first kappa shape index (κ1) is 23.8. The summed E-state index contributed by atoms with van der Waals surface area (Å²) in [4.78, 5) is 13.0. The summed E-state index contributed by atoms with van der Waals surface area (Å²) < 4.78 is 34.6. The van der Waals surface area contributed by atoms with Crippen LogP contribution in [0.1, 0.15) is 56.3 Å². The summed E-state index contributed by atoms with van der Waals surface area (Å²) in [6.45, 7) is 4.58. The minimum absolute atomic E-state index is 0.00100. The summed E-state index contributed by atoms with van der Waals surface area (Å²) in [6, 6.07) is 11.5. The van der Waals surface area contributed by atoms with E-state index in [1.54, 1.807) is 24.3 Å². The van der Waals surface area contributed by atoms with Gasteiger partial charge >= 0.3 is 0 Å². The molecule has 3 rings (SSSR count). The Balaban J connectivity index is 1.69. The maximum atomic E-state index is 12.8. The molecule has 1 aliphatic carbocycles. The van der Waals surface area contributed by atoms with Crippen LogP contribution in [-0.4, -0.2) is 27.0 Å². The lowest BCUT2D eigenvalue weighted by molar-refractivity contribution is 0.102. The van der Waals surface area contributed by atoms with Gasteiger partial charge < -0.3 is 10.1 Å². The topological polar surface area (TPSA) is 84.5 Å². The van der Waals surface area contributed by atoms with Crippen molar-refractivity contribution in [3.8, 4) is 5.75 Å². The van der Waals surface area contributed by atoms with Crippen LogP contribution in [0.25, 0.3) is 0 Å². The molecule has 2 N–H and O–H groups in total. The molecule has 0 spiro atoms. The van der Waals surface area contributed by atoms with E-state index < -0.39 is 10.0 Å². The largest absolute Gasteiger partial charge is 0.492 e. The highest BCUT2D eigenvalue weighted by atomic mass is 79.9. The van der Waals surface area contributed by atoms with E-state index in [1.807, 2.05) is 19.9 Å². The molecule has 1 amide bonds. The van der Waals surface area contributed by atoms with Crippen LogP contribution in [-0.2, 0) is 10.0 Å². The standard InChI is InChI=1S/C23H29BrN2O4S/c1-16(2)15-30-22-13-8-17(24)14-21(22)23(27)25-18-9-11-20(12-10-18)31(28,29)26-19-6-4-3-5-7-19/h8-14,16,19,26H,3-7,15H2,1-2H3,(H,25,27). The number of sulfonamides is 1. The van der Waals surface area contributed by atoms with Gasteiger partial charge in [-0.25, -0.2) is 13.1 Å². The Hall–Kier alpha value is -1.90. The number of ether oxygens (including phenoxy) is 1. The Morgan fingerprint density at radius 3 is 2.42 bits per heavy atom. The fraction of sp³-hybridized carbons (Fsp3) is 0.435. The SMILES string of the molecule is CC(C)COc1ccc(Br)cc1C(=O)Nc1ccc(S(=O)(=O)NC2CCCCC2)cc1. The third kappa shape index (κ3) is 6.79. The molecule has 168 valence electrons. The highest BCUT2D eigenvalue weighted by molar-refractivity contribution is 9.10. The fourth-order valence-corrected chi connectivity index (χ4v) is 5.15. The van der Waals surface area contributed by atoms with E-state index in [-0.39, 0.29) is 16.8 Å². The third-order valence-electron chi connectivity index (χ3n) is 5.11. The van der Waals surface area contributed by atoms with Crippen LogP contribution >= 0.6 is 15.9 Å². The van der Waals surface area contributed by atoms with Crippen LogP contribution in [0.3, 0.4) is 0 Å². The summed E-state index contributed by atoms with van der Waals surface area (Å²) in [5.74, 6) is 0.512. The smallest absolute Gasteiger partial charge is 0.259 e. The number of hydrogen-bond acceptors (Lipinski definition) is 4. The Bertz CT molecular complexity index is 1000. The van der Waals surface area contributed by atoms with E-state index in [2.05, 4.69) is 26.0 Å². The zero-order valence-corrected chi connectivity index (χ0v) is 20.3. The van der Waals surface area contributed by atoms with Crippen LogP contribution < -0.4 is 14.8 Å². The van der Waals surface area contributed by atoms with Crippen LogP contribution in [0.15, 0.2) is 51.8 Å². The molecule has 0 radical (unpaired) electrons. The quantitative estimate of drug-likeness (QED) is 0.503. The van der Waals surface area contributed by atoms with Crippen molar-refractivity contribution in [2.75, 3.05) is 11.9 Å². The summed E-state index contributed by atoms with van der Waals surface area (Å²) in [7, 11) is -3.57. The lowest BCUT2D eigenvalue weighted by atomic mass is 9.96.